The first-order valence-corrected chi connectivity index (χ1v) is 6.26. The lowest BCUT2D eigenvalue weighted by Crippen LogP contribution is -2.52. The van der Waals surface area contributed by atoms with E-state index in [1.54, 1.807) is 0 Å². The smallest absolute Gasteiger partial charge is 0.251 e. The monoisotopic (exact) mass is 306 g/mol. The Morgan fingerprint density at radius 1 is 1.05 bits per heavy atom. The predicted octanol–water partition coefficient (Wildman–Crippen LogP) is -3.77. The minimum atomic E-state index is -1.99. The van der Waals surface area contributed by atoms with Crippen molar-refractivity contribution in [3.8, 4) is 0 Å². The fourth-order valence-corrected chi connectivity index (χ4v) is 1.29. The van der Waals surface area contributed by atoms with Gasteiger partial charge in [0.2, 0.25) is 5.91 Å². The number of aliphatic hydroxyl groups is 5. The summed E-state index contributed by atoms with van der Waals surface area (Å²) >= 11 is 0. The van der Waals surface area contributed by atoms with Crippen LogP contribution in [0.25, 0.3) is 0 Å². The highest BCUT2D eigenvalue weighted by molar-refractivity contribution is 5.92. The van der Waals surface area contributed by atoms with E-state index in [1.807, 2.05) is 0 Å². The Balaban J connectivity index is 4.16. The van der Waals surface area contributed by atoms with Crippen LogP contribution in [0.2, 0.25) is 0 Å². The van der Waals surface area contributed by atoms with Crippen LogP contribution in [0.3, 0.4) is 0 Å². The number of hydrogen-bond acceptors (Lipinski definition) is 7. The molecule has 0 fully saturated rings. The Hall–Kier alpha value is -1.52. The standard InChI is InChI=1S/C12H22N2O7/c1-6(2)11(20)13-3-4-14-12(21)10(19)9(18)8(17)7(16)5-15/h7-10,15-19H,1,3-5H2,2H3,(H,13,20)(H,14,21)/t7-,8-,9-,10-/m1/s1. The Labute approximate surface area is 121 Å². The summed E-state index contributed by atoms with van der Waals surface area (Å²) in [6.07, 6.45) is -7.51. The fourth-order valence-electron chi connectivity index (χ4n) is 1.29. The Kier molecular flexibility index (Phi) is 8.74. The van der Waals surface area contributed by atoms with Gasteiger partial charge in [-0.1, -0.05) is 6.58 Å². The van der Waals surface area contributed by atoms with E-state index in [4.69, 9.17) is 10.2 Å². The molecule has 0 saturated carbocycles. The summed E-state index contributed by atoms with van der Waals surface area (Å²) in [6, 6.07) is 0. The van der Waals surface area contributed by atoms with Crippen LogP contribution in [-0.4, -0.2) is 81.5 Å². The summed E-state index contributed by atoms with van der Waals surface area (Å²) in [7, 11) is 0. The molecule has 0 aromatic rings. The molecule has 0 bridgehead atoms. The minimum Gasteiger partial charge on any atom is -0.394 e. The van der Waals surface area contributed by atoms with Gasteiger partial charge in [0, 0.05) is 18.7 Å². The summed E-state index contributed by atoms with van der Waals surface area (Å²) in [6.45, 7) is 4.17. The van der Waals surface area contributed by atoms with Crippen molar-refractivity contribution < 1.29 is 35.1 Å². The van der Waals surface area contributed by atoms with Crippen LogP contribution < -0.4 is 10.6 Å². The van der Waals surface area contributed by atoms with E-state index in [0.29, 0.717) is 5.57 Å². The van der Waals surface area contributed by atoms with Crippen LogP contribution in [0.1, 0.15) is 6.92 Å². The molecule has 9 nitrogen and oxygen atoms in total. The lowest BCUT2D eigenvalue weighted by atomic mass is 10.0. The number of aliphatic hydroxyl groups excluding tert-OH is 5. The molecule has 0 aliphatic heterocycles. The molecular formula is C12H22N2O7. The fraction of sp³-hybridized carbons (Fsp3) is 0.667. The van der Waals surface area contributed by atoms with Crippen molar-refractivity contribution >= 4 is 11.8 Å². The number of nitrogens with one attached hydrogen (secondary N) is 2. The normalized spacial score (nSPS) is 16.5. The van der Waals surface area contributed by atoms with Gasteiger partial charge in [-0.15, -0.1) is 0 Å². The van der Waals surface area contributed by atoms with Gasteiger partial charge in [-0.05, 0) is 6.92 Å². The van der Waals surface area contributed by atoms with Crippen molar-refractivity contribution in [3.05, 3.63) is 12.2 Å². The summed E-state index contributed by atoms with van der Waals surface area (Å²) in [4.78, 5) is 22.6. The van der Waals surface area contributed by atoms with E-state index in [-0.39, 0.29) is 19.0 Å². The third-order valence-corrected chi connectivity index (χ3v) is 2.62. The maximum absolute atomic E-state index is 11.5. The van der Waals surface area contributed by atoms with Crippen LogP contribution in [0.15, 0.2) is 12.2 Å². The number of carbonyl (C=O) groups excluding carboxylic acids is 2. The first-order chi connectivity index (χ1) is 9.72. The van der Waals surface area contributed by atoms with Crippen LogP contribution >= 0.6 is 0 Å². The van der Waals surface area contributed by atoms with Gasteiger partial charge in [0.05, 0.1) is 6.61 Å². The molecular weight excluding hydrogens is 284 g/mol. The molecule has 0 aromatic heterocycles. The molecule has 0 heterocycles. The van der Waals surface area contributed by atoms with Gasteiger partial charge in [-0.2, -0.15) is 0 Å². The number of amides is 2. The quantitative estimate of drug-likeness (QED) is 0.170. The van der Waals surface area contributed by atoms with Crippen LogP contribution in [0.4, 0.5) is 0 Å². The van der Waals surface area contributed by atoms with E-state index in [2.05, 4.69) is 17.2 Å². The van der Waals surface area contributed by atoms with Crippen molar-refractivity contribution in [1.82, 2.24) is 10.6 Å². The topological polar surface area (TPSA) is 159 Å². The molecule has 0 aliphatic rings. The predicted molar refractivity (Wildman–Crippen MR) is 71.9 cm³/mol. The lowest BCUT2D eigenvalue weighted by molar-refractivity contribution is -0.148. The minimum absolute atomic E-state index is 0.0136. The molecule has 122 valence electrons. The lowest BCUT2D eigenvalue weighted by Gasteiger charge is -2.24. The number of carbonyl (C=O) groups is 2. The molecule has 0 spiro atoms. The summed E-state index contributed by atoms with van der Waals surface area (Å²) in [5.41, 5.74) is 0.304. The molecule has 0 saturated heterocycles. The van der Waals surface area contributed by atoms with E-state index in [0.717, 1.165) is 0 Å². The molecule has 0 radical (unpaired) electrons. The highest BCUT2D eigenvalue weighted by atomic mass is 16.4. The van der Waals surface area contributed by atoms with Gasteiger partial charge in [-0.25, -0.2) is 0 Å². The second-order valence-corrected chi connectivity index (χ2v) is 4.50. The third-order valence-electron chi connectivity index (χ3n) is 2.62. The highest BCUT2D eigenvalue weighted by Crippen LogP contribution is 2.05. The summed E-state index contributed by atoms with van der Waals surface area (Å²) < 4.78 is 0. The molecule has 0 rings (SSSR count). The number of rotatable bonds is 9. The maximum atomic E-state index is 11.5. The molecule has 0 aliphatic carbocycles. The molecule has 9 heteroatoms. The second-order valence-electron chi connectivity index (χ2n) is 4.50. The van der Waals surface area contributed by atoms with Gasteiger partial charge in [0.1, 0.15) is 18.3 Å². The molecule has 4 atom stereocenters. The number of hydrogen-bond donors (Lipinski definition) is 7. The molecule has 2 amide bonds. The largest absolute Gasteiger partial charge is 0.394 e. The first kappa shape index (κ1) is 19.5. The third kappa shape index (κ3) is 6.65. The van der Waals surface area contributed by atoms with Gasteiger partial charge >= 0.3 is 0 Å². The zero-order valence-electron chi connectivity index (χ0n) is 11.7. The van der Waals surface area contributed by atoms with Crippen LogP contribution in [0.5, 0.6) is 0 Å². The van der Waals surface area contributed by atoms with Crippen molar-refractivity contribution in [1.29, 1.82) is 0 Å². The van der Waals surface area contributed by atoms with Crippen molar-refractivity contribution in [2.45, 2.75) is 31.3 Å². The summed E-state index contributed by atoms with van der Waals surface area (Å²) in [5.74, 6) is -1.37. The first-order valence-electron chi connectivity index (χ1n) is 6.26. The zero-order valence-corrected chi connectivity index (χ0v) is 11.7. The second kappa shape index (κ2) is 9.42. The van der Waals surface area contributed by atoms with E-state index >= 15 is 0 Å². The molecule has 0 unspecified atom stereocenters. The van der Waals surface area contributed by atoms with Crippen LogP contribution in [0, 0.1) is 0 Å². The van der Waals surface area contributed by atoms with E-state index < -0.39 is 36.9 Å². The SMILES string of the molecule is C=C(C)C(=O)NCCNC(=O)[C@H](O)[C@H](O)[C@H](O)[C@H](O)CO. The van der Waals surface area contributed by atoms with Gasteiger partial charge in [0.25, 0.3) is 5.91 Å². The Morgan fingerprint density at radius 3 is 2.05 bits per heavy atom. The van der Waals surface area contributed by atoms with Gasteiger partial charge in [0.15, 0.2) is 6.10 Å². The van der Waals surface area contributed by atoms with Gasteiger partial charge in [-0.3, -0.25) is 9.59 Å². The highest BCUT2D eigenvalue weighted by Gasteiger charge is 2.33. The molecule has 7 N–H and O–H groups in total. The van der Waals surface area contributed by atoms with E-state index in [1.165, 1.54) is 6.92 Å². The zero-order chi connectivity index (χ0) is 16.6. The average molecular weight is 306 g/mol. The Bertz CT molecular complexity index is 375. The van der Waals surface area contributed by atoms with Crippen molar-refractivity contribution in [2.24, 2.45) is 0 Å². The van der Waals surface area contributed by atoms with Crippen LogP contribution in [-0.2, 0) is 9.59 Å². The van der Waals surface area contributed by atoms with Gasteiger partial charge < -0.3 is 36.2 Å². The Morgan fingerprint density at radius 2 is 1.57 bits per heavy atom. The van der Waals surface area contributed by atoms with Crippen molar-refractivity contribution in [2.75, 3.05) is 19.7 Å². The summed E-state index contributed by atoms with van der Waals surface area (Å²) in [5, 5.41) is 50.6. The molecule has 0 aromatic carbocycles. The maximum Gasteiger partial charge on any atom is 0.251 e. The van der Waals surface area contributed by atoms with Crippen molar-refractivity contribution in [3.63, 3.8) is 0 Å². The average Bonchev–Trinajstić information content (AvgIpc) is 2.47. The van der Waals surface area contributed by atoms with E-state index in [9.17, 15) is 24.9 Å². The molecule has 21 heavy (non-hydrogen) atoms.